The van der Waals surface area contributed by atoms with Gasteiger partial charge in [0.2, 0.25) is 0 Å². The number of hydrogen-bond acceptors (Lipinski definition) is 3. The molecule has 0 aromatic carbocycles. The number of ether oxygens (including phenoxy) is 1. The maximum Gasteiger partial charge on any atom is 0.301 e. The van der Waals surface area contributed by atoms with E-state index >= 15 is 0 Å². The average Bonchev–Trinajstić information content (AvgIpc) is 2.14. The Balaban J connectivity index is 0. The number of alkyl halides is 2. The van der Waals surface area contributed by atoms with Crippen LogP contribution in [0.4, 0.5) is 8.78 Å². The molecule has 0 aromatic heterocycles. The fourth-order valence-corrected chi connectivity index (χ4v) is 1.06. The maximum atomic E-state index is 12.7. The fourth-order valence-electron chi connectivity index (χ4n) is 1.06. The smallest absolute Gasteiger partial charge is 0.301 e. The molecule has 7 heteroatoms. The molecular weight excluding hydrogens is 336 g/mol. The van der Waals surface area contributed by atoms with Crippen LogP contribution in [0.25, 0.3) is 0 Å². The van der Waals surface area contributed by atoms with Crippen molar-refractivity contribution in [1.82, 2.24) is 0 Å². The number of hydrogen-bond donors (Lipinski definition) is 2. The van der Waals surface area contributed by atoms with E-state index in [2.05, 4.69) is 4.74 Å². The summed E-state index contributed by atoms with van der Waals surface area (Å²) in [7, 11) is 0. The van der Waals surface area contributed by atoms with Gasteiger partial charge in [-0.25, -0.2) is 8.78 Å². The first-order valence-electron chi connectivity index (χ1n) is 3.32. The van der Waals surface area contributed by atoms with E-state index in [1.54, 1.807) is 0 Å². The Bertz CT molecular complexity index is 159. The third kappa shape index (κ3) is 3.47. The van der Waals surface area contributed by atoms with Crippen LogP contribution in [-0.4, -0.2) is 41.1 Å². The molecule has 1 aliphatic heterocycles. The van der Waals surface area contributed by atoms with E-state index in [9.17, 15) is 8.78 Å². The van der Waals surface area contributed by atoms with E-state index in [1.807, 2.05) is 0 Å². The Morgan fingerprint density at radius 2 is 1.85 bits per heavy atom. The van der Waals surface area contributed by atoms with Crippen molar-refractivity contribution in [3.63, 3.8) is 0 Å². The molecule has 72 valence electrons. The zero-order valence-electron chi connectivity index (χ0n) is 7.15. The number of aliphatic hydroxyl groups excluding tert-OH is 2. The first kappa shape index (κ1) is 17.3. The molecular formula is C6H10F2O3Y2. The summed E-state index contributed by atoms with van der Waals surface area (Å²) in [6.45, 7) is 0.583. The largest absolute Gasteiger partial charge is 0.394 e. The topological polar surface area (TPSA) is 49.7 Å². The predicted octanol–water partition coefficient (Wildman–Crippen LogP) is -0.243. The zero-order chi connectivity index (χ0) is 8.65. The van der Waals surface area contributed by atoms with Crippen molar-refractivity contribution >= 4 is 0 Å². The normalized spacial score (nSPS) is 36.2. The number of aliphatic hydroxyl groups is 2. The summed E-state index contributed by atoms with van der Waals surface area (Å²) in [5.41, 5.74) is 0. The minimum Gasteiger partial charge on any atom is -0.394 e. The van der Waals surface area contributed by atoms with Gasteiger partial charge in [-0.05, 0) is 6.92 Å². The van der Waals surface area contributed by atoms with Crippen molar-refractivity contribution in [2.45, 2.75) is 31.2 Å². The first-order valence-corrected chi connectivity index (χ1v) is 3.32. The van der Waals surface area contributed by atoms with Gasteiger partial charge in [0.1, 0.15) is 18.3 Å². The molecule has 1 saturated heterocycles. The van der Waals surface area contributed by atoms with Gasteiger partial charge in [-0.3, -0.25) is 0 Å². The Morgan fingerprint density at radius 1 is 1.38 bits per heavy atom. The zero-order valence-corrected chi connectivity index (χ0v) is 12.8. The molecule has 3 atom stereocenters. The van der Waals surface area contributed by atoms with Crippen molar-refractivity contribution in [1.29, 1.82) is 0 Å². The van der Waals surface area contributed by atoms with Gasteiger partial charge >= 0.3 is 5.92 Å². The molecule has 1 heterocycles. The van der Waals surface area contributed by atoms with Crippen LogP contribution in [0, 0.1) is 0 Å². The molecule has 0 bridgehead atoms. The molecule has 0 aromatic rings. The van der Waals surface area contributed by atoms with Gasteiger partial charge in [0, 0.05) is 65.4 Å². The van der Waals surface area contributed by atoms with Crippen LogP contribution in [-0.2, 0) is 70.2 Å². The number of rotatable bonds is 1. The summed E-state index contributed by atoms with van der Waals surface area (Å²) in [4.78, 5) is 0. The summed E-state index contributed by atoms with van der Waals surface area (Å²) in [6.07, 6.45) is -4.36. The molecule has 0 aliphatic carbocycles. The van der Waals surface area contributed by atoms with Gasteiger partial charge in [-0.1, -0.05) is 0 Å². The van der Waals surface area contributed by atoms with Crippen molar-refractivity contribution in [2.24, 2.45) is 0 Å². The van der Waals surface area contributed by atoms with E-state index in [4.69, 9.17) is 10.2 Å². The second-order valence-corrected chi connectivity index (χ2v) is 2.62. The van der Waals surface area contributed by atoms with Crippen LogP contribution >= 0.6 is 0 Å². The minimum absolute atomic E-state index is 0. The molecule has 1 fully saturated rings. The van der Waals surface area contributed by atoms with Crippen molar-refractivity contribution in [2.75, 3.05) is 6.61 Å². The predicted molar refractivity (Wildman–Crippen MR) is 32.4 cm³/mol. The quantitative estimate of drug-likeness (QED) is 0.689. The maximum absolute atomic E-state index is 12.7. The summed E-state index contributed by atoms with van der Waals surface area (Å²) in [6, 6.07) is 0. The number of halogens is 2. The third-order valence-electron chi connectivity index (χ3n) is 1.85. The summed E-state index contributed by atoms with van der Waals surface area (Å²) < 4.78 is 30.0. The SMILES string of the molecule is CC1OC(CO)C(O)C1(F)F.[Y].[Y]. The Labute approximate surface area is 125 Å². The molecule has 3 unspecified atom stereocenters. The Kier molecular flexibility index (Phi) is 8.69. The van der Waals surface area contributed by atoms with Crippen LogP contribution < -0.4 is 0 Å². The molecule has 1 aliphatic rings. The van der Waals surface area contributed by atoms with E-state index in [1.165, 1.54) is 6.92 Å². The van der Waals surface area contributed by atoms with Crippen molar-refractivity contribution < 1.29 is 89.1 Å². The summed E-state index contributed by atoms with van der Waals surface area (Å²) >= 11 is 0. The van der Waals surface area contributed by atoms with Gasteiger partial charge in [0.15, 0.2) is 0 Å². The molecule has 0 spiro atoms. The molecule has 0 saturated carbocycles. The van der Waals surface area contributed by atoms with Gasteiger partial charge in [-0.2, -0.15) is 0 Å². The average molecular weight is 346 g/mol. The second kappa shape index (κ2) is 6.51. The van der Waals surface area contributed by atoms with Gasteiger partial charge in [-0.15, -0.1) is 0 Å². The van der Waals surface area contributed by atoms with E-state index in [0.29, 0.717) is 0 Å². The Hall–Kier alpha value is 1.95. The molecule has 13 heavy (non-hydrogen) atoms. The molecule has 1 rings (SSSR count). The van der Waals surface area contributed by atoms with Crippen LogP contribution in [0.2, 0.25) is 0 Å². The van der Waals surface area contributed by atoms with Crippen molar-refractivity contribution in [3.8, 4) is 0 Å². The van der Waals surface area contributed by atoms with Gasteiger partial charge < -0.3 is 14.9 Å². The van der Waals surface area contributed by atoms with Gasteiger partial charge in [0.25, 0.3) is 0 Å². The van der Waals surface area contributed by atoms with E-state index in [-0.39, 0.29) is 65.4 Å². The van der Waals surface area contributed by atoms with Crippen LogP contribution in [0.3, 0.4) is 0 Å². The van der Waals surface area contributed by atoms with Gasteiger partial charge in [0.05, 0.1) is 6.61 Å². The third-order valence-corrected chi connectivity index (χ3v) is 1.85. The molecule has 3 nitrogen and oxygen atoms in total. The van der Waals surface area contributed by atoms with E-state index in [0.717, 1.165) is 0 Å². The standard InChI is InChI=1S/C6H10F2O3.2Y/c1-3-6(7,8)5(10)4(2-9)11-3;;/h3-5,9-10H,2H2,1H3;;. The fraction of sp³-hybridized carbons (Fsp3) is 1.00. The monoisotopic (exact) mass is 346 g/mol. The van der Waals surface area contributed by atoms with Crippen molar-refractivity contribution in [3.05, 3.63) is 0 Å². The minimum atomic E-state index is -3.24. The first-order chi connectivity index (χ1) is 5.00. The molecule has 2 radical (unpaired) electrons. The van der Waals surface area contributed by atoms with Crippen LogP contribution in [0.1, 0.15) is 6.92 Å². The molecule has 2 N–H and O–H groups in total. The summed E-state index contributed by atoms with van der Waals surface area (Å²) in [5.74, 6) is -3.24. The second-order valence-electron chi connectivity index (χ2n) is 2.62. The van der Waals surface area contributed by atoms with E-state index < -0.39 is 30.8 Å². The van der Waals surface area contributed by atoms with Crippen LogP contribution in [0.15, 0.2) is 0 Å². The Morgan fingerprint density at radius 3 is 2.00 bits per heavy atom. The molecule has 0 amide bonds. The van der Waals surface area contributed by atoms with Crippen LogP contribution in [0.5, 0.6) is 0 Å². The summed E-state index contributed by atoms with van der Waals surface area (Å²) in [5, 5.41) is 17.3.